The van der Waals surface area contributed by atoms with Gasteiger partial charge in [-0.2, -0.15) is 0 Å². The number of aromatic nitrogens is 3. The van der Waals surface area contributed by atoms with E-state index in [1.807, 2.05) is 57.2 Å². The van der Waals surface area contributed by atoms with E-state index in [4.69, 9.17) is 24.1 Å². The van der Waals surface area contributed by atoms with Crippen LogP contribution in [0.15, 0.2) is 36.4 Å². The zero-order valence-electron chi connectivity index (χ0n) is 22.5. The third kappa shape index (κ3) is 9.05. The molecule has 1 heterocycles. The van der Waals surface area contributed by atoms with Crippen molar-refractivity contribution in [3.05, 3.63) is 47.5 Å². The van der Waals surface area contributed by atoms with E-state index in [9.17, 15) is 9.90 Å². The normalized spacial score (nSPS) is 11.8. The van der Waals surface area contributed by atoms with Crippen LogP contribution in [0, 0.1) is 0 Å². The van der Waals surface area contributed by atoms with Gasteiger partial charge >= 0.3 is 5.97 Å². The summed E-state index contributed by atoms with van der Waals surface area (Å²) in [6, 6.07) is 11.3. The SMILES string of the molecule is CC(C)(C)c1cc(CCC(=O)OCCOCCOCCOCCCO)cc(-n2nc3ccccc3n2)c1O. The number of phenolic OH excluding ortho intramolecular Hbond substituents is 1. The van der Waals surface area contributed by atoms with Crippen LogP contribution in [0.4, 0.5) is 0 Å². The van der Waals surface area contributed by atoms with Gasteiger partial charge in [0.15, 0.2) is 0 Å². The summed E-state index contributed by atoms with van der Waals surface area (Å²) in [7, 11) is 0. The molecule has 2 N–H and O–H groups in total. The van der Waals surface area contributed by atoms with Crippen molar-refractivity contribution in [1.82, 2.24) is 15.0 Å². The van der Waals surface area contributed by atoms with Crippen molar-refractivity contribution in [2.24, 2.45) is 0 Å². The van der Waals surface area contributed by atoms with Crippen LogP contribution < -0.4 is 0 Å². The first-order valence-corrected chi connectivity index (χ1v) is 13.0. The fourth-order valence-corrected chi connectivity index (χ4v) is 3.75. The van der Waals surface area contributed by atoms with E-state index >= 15 is 0 Å². The van der Waals surface area contributed by atoms with E-state index in [0.717, 1.165) is 22.2 Å². The molecule has 0 aliphatic carbocycles. The number of aromatic hydroxyl groups is 1. The van der Waals surface area contributed by atoms with Gasteiger partial charge in [0, 0.05) is 25.2 Å². The minimum absolute atomic E-state index is 0.122. The lowest BCUT2D eigenvalue weighted by Gasteiger charge is -2.23. The summed E-state index contributed by atoms with van der Waals surface area (Å²) in [5.41, 5.74) is 3.26. The summed E-state index contributed by atoms with van der Waals surface area (Å²) in [5.74, 6) is -0.195. The van der Waals surface area contributed by atoms with Crippen molar-refractivity contribution in [2.45, 2.75) is 45.4 Å². The second-order valence-electron chi connectivity index (χ2n) is 9.87. The van der Waals surface area contributed by atoms with Crippen LogP contribution in [0.3, 0.4) is 0 Å². The minimum Gasteiger partial charge on any atom is -0.505 e. The van der Waals surface area contributed by atoms with Gasteiger partial charge in [0.1, 0.15) is 29.1 Å². The second-order valence-corrected chi connectivity index (χ2v) is 9.87. The van der Waals surface area contributed by atoms with Crippen LogP contribution in [0.1, 0.15) is 44.7 Å². The van der Waals surface area contributed by atoms with Crippen molar-refractivity contribution in [3.63, 3.8) is 0 Å². The quantitative estimate of drug-likeness (QED) is 0.212. The standard InChI is InChI=1S/C28H39N3O7/c1-28(2,3)22-19-21(20-25(27(22)34)31-29-23-7-4-5-8-24(23)30-31)9-10-26(33)38-18-17-37-16-15-36-14-13-35-12-6-11-32/h4-5,7-8,19-20,32,34H,6,9-18H2,1-3H3. The molecular formula is C28H39N3O7. The number of hydrogen-bond donors (Lipinski definition) is 2. The zero-order chi connectivity index (χ0) is 27.4. The van der Waals surface area contributed by atoms with Gasteiger partial charge in [0.25, 0.3) is 0 Å². The number of fused-ring (bicyclic) bond motifs is 1. The van der Waals surface area contributed by atoms with Crippen molar-refractivity contribution >= 4 is 17.0 Å². The van der Waals surface area contributed by atoms with Gasteiger partial charge in [0.2, 0.25) is 0 Å². The molecular weight excluding hydrogens is 490 g/mol. The largest absolute Gasteiger partial charge is 0.505 e. The lowest BCUT2D eigenvalue weighted by atomic mass is 9.84. The second kappa shape index (κ2) is 14.8. The molecule has 0 amide bonds. The van der Waals surface area contributed by atoms with Crippen molar-refractivity contribution < 1.29 is 34.0 Å². The molecule has 0 saturated carbocycles. The Labute approximate surface area is 223 Å². The third-order valence-corrected chi connectivity index (χ3v) is 5.76. The maximum Gasteiger partial charge on any atom is 0.306 e. The zero-order valence-corrected chi connectivity index (χ0v) is 22.5. The Kier molecular flexibility index (Phi) is 11.5. The molecule has 10 heteroatoms. The average molecular weight is 530 g/mol. The molecule has 0 spiro atoms. The number of esters is 1. The monoisotopic (exact) mass is 529 g/mol. The maximum atomic E-state index is 12.3. The number of rotatable bonds is 16. The summed E-state index contributed by atoms with van der Waals surface area (Å²) >= 11 is 0. The first-order valence-electron chi connectivity index (χ1n) is 13.0. The van der Waals surface area contributed by atoms with Gasteiger partial charge in [-0.1, -0.05) is 39.0 Å². The fraction of sp³-hybridized carbons (Fsp3) is 0.536. The smallest absolute Gasteiger partial charge is 0.306 e. The van der Waals surface area contributed by atoms with Crippen LogP contribution in [0.5, 0.6) is 5.75 Å². The number of phenols is 1. The van der Waals surface area contributed by atoms with E-state index in [1.54, 1.807) is 0 Å². The number of ether oxygens (including phenoxy) is 4. The van der Waals surface area contributed by atoms with Gasteiger partial charge in [-0.25, -0.2) is 0 Å². The topological polar surface area (TPSA) is 125 Å². The molecule has 0 atom stereocenters. The van der Waals surface area contributed by atoms with Crippen LogP contribution in [-0.2, 0) is 35.6 Å². The molecule has 10 nitrogen and oxygen atoms in total. The molecule has 1 aromatic heterocycles. The fourth-order valence-electron chi connectivity index (χ4n) is 3.75. The van der Waals surface area contributed by atoms with Crippen molar-refractivity contribution in [3.8, 4) is 11.4 Å². The summed E-state index contributed by atoms with van der Waals surface area (Å²) < 4.78 is 21.4. The Morgan fingerprint density at radius 3 is 2.05 bits per heavy atom. The molecule has 0 saturated heterocycles. The van der Waals surface area contributed by atoms with E-state index < -0.39 is 0 Å². The van der Waals surface area contributed by atoms with Crippen molar-refractivity contribution in [2.75, 3.05) is 52.9 Å². The Hall–Kier alpha value is -3.05. The van der Waals surface area contributed by atoms with Crippen LogP contribution in [-0.4, -0.2) is 84.0 Å². The van der Waals surface area contributed by atoms with Gasteiger partial charge in [-0.05, 0) is 42.0 Å². The molecule has 0 radical (unpaired) electrons. The highest BCUT2D eigenvalue weighted by Crippen LogP contribution is 2.36. The van der Waals surface area contributed by atoms with Gasteiger partial charge < -0.3 is 29.2 Å². The number of carbonyl (C=O) groups is 1. The molecule has 0 aliphatic heterocycles. The van der Waals surface area contributed by atoms with E-state index in [0.29, 0.717) is 51.6 Å². The van der Waals surface area contributed by atoms with Crippen LogP contribution in [0.2, 0.25) is 0 Å². The van der Waals surface area contributed by atoms with E-state index in [1.165, 1.54) is 4.80 Å². The summed E-state index contributed by atoms with van der Waals surface area (Å²) in [6.45, 7) is 8.94. The molecule has 0 bridgehead atoms. The number of nitrogens with zero attached hydrogens (tertiary/aromatic N) is 3. The average Bonchev–Trinajstić information content (AvgIpc) is 3.32. The number of benzene rings is 2. The third-order valence-electron chi connectivity index (χ3n) is 5.76. The number of aliphatic hydroxyl groups is 1. The molecule has 3 rings (SSSR count). The molecule has 0 fully saturated rings. The lowest BCUT2D eigenvalue weighted by molar-refractivity contribution is -0.145. The number of aliphatic hydroxyl groups excluding tert-OH is 1. The Morgan fingerprint density at radius 1 is 0.895 bits per heavy atom. The molecule has 3 aromatic rings. The Morgan fingerprint density at radius 2 is 1.47 bits per heavy atom. The maximum absolute atomic E-state index is 12.3. The highest BCUT2D eigenvalue weighted by atomic mass is 16.6. The van der Waals surface area contributed by atoms with Gasteiger partial charge in [0.05, 0.1) is 33.0 Å². The Bertz CT molecular complexity index is 1120. The summed E-state index contributed by atoms with van der Waals surface area (Å²) in [6.07, 6.45) is 1.27. The molecule has 0 aliphatic rings. The lowest BCUT2D eigenvalue weighted by Crippen LogP contribution is -2.15. The molecule has 2 aromatic carbocycles. The van der Waals surface area contributed by atoms with Crippen LogP contribution >= 0.6 is 0 Å². The number of aryl methyl sites for hydroxylation is 1. The summed E-state index contributed by atoms with van der Waals surface area (Å²) in [5, 5.41) is 28.8. The minimum atomic E-state index is -0.323. The number of carbonyl (C=O) groups excluding carboxylic acids is 1. The van der Waals surface area contributed by atoms with E-state index in [-0.39, 0.29) is 43.4 Å². The molecule has 38 heavy (non-hydrogen) atoms. The predicted molar refractivity (Wildman–Crippen MR) is 143 cm³/mol. The molecule has 208 valence electrons. The van der Waals surface area contributed by atoms with Crippen molar-refractivity contribution in [1.29, 1.82) is 0 Å². The first kappa shape index (κ1) is 29.5. The predicted octanol–water partition coefficient (Wildman–Crippen LogP) is 3.33. The number of hydrogen-bond acceptors (Lipinski definition) is 9. The van der Waals surface area contributed by atoms with Crippen LogP contribution in [0.25, 0.3) is 16.7 Å². The first-order chi connectivity index (χ1) is 18.3. The van der Waals surface area contributed by atoms with E-state index in [2.05, 4.69) is 10.2 Å². The highest BCUT2D eigenvalue weighted by molar-refractivity contribution is 5.74. The summed E-state index contributed by atoms with van der Waals surface area (Å²) in [4.78, 5) is 13.8. The Balaban J connectivity index is 1.46. The van der Waals surface area contributed by atoms with Gasteiger partial charge in [-0.3, -0.25) is 4.79 Å². The highest BCUT2D eigenvalue weighted by Gasteiger charge is 2.23. The molecule has 0 unspecified atom stereocenters. The van der Waals surface area contributed by atoms with Gasteiger partial charge in [-0.15, -0.1) is 15.0 Å².